The van der Waals surface area contributed by atoms with Crippen LogP contribution >= 0.6 is 0 Å². The molecule has 0 fully saturated rings. The number of hydrogen-bond donors (Lipinski definition) is 2. The summed E-state index contributed by atoms with van der Waals surface area (Å²) in [4.78, 5) is 22.4. The smallest absolute Gasteiger partial charge is 0.323 e. The van der Waals surface area contributed by atoms with Gasteiger partial charge in [-0.05, 0) is 25.1 Å². The highest BCUT2D eigenvalue weighted by Crippen LogP contribution is 2.26. The van der Waals surface area contributed by atoms with Gasteiger partial charge in [0.1, 0.15) is 5.75 Å². The molecule has 22 heavy (non-hydrogen) atoms. The van der Waals surface area contributed by atoms with Crippen molar-refractivity contribution in [2.45, 2.75) is 6.92 Å². The van der Waals surface area contributed by atoms with Crippen LogP contribution in [0, 0.1) is 17.0 Å². The van der Waals surface area contributed by atoms with E-state index in [2.05, 4.69) is 10.6 Å². The summed E-state index contributed by atoms with van der Waals surface area (Å²) in [6.45, 7) is 1.58. The fourth-order valence-electron chi connectivity index (χ4n) is 1.98. The van der Waals surface area contributed by atoms with Crippen LogP contribution in [-0.4, -0.2) is 18.1 Å². The second-order valence-electron chi connectivity index (χ2n) is 4.49. The van der Waals surface area contributed by atoms with Crippen LogP contribution in [0.5, 0.6) is 5.75 Å². The minimum atomic E-state index is -0.506. The zero-order valence-corrected chi connectivity index (χ0v) is 12.1. The van der Waals surface area contributed by atoms with Crippen molar-refractivity contribution in [3.8, 4) is 5.75 Å². The van der Waals surface area contributed by atoms with Gasteiger partial charge in [0, 0.05) is 6.07 Å². The van der Waals surface area contributed by atoms with Gasteiger partial charge in [-0.15, -0.1) is 0 Å². The van der Waals surface area contributed by atoms with Crippen molar-refractivity contribution in [1.82, 2.24) is 0 Å². The van der Waals surface area contributed by atoms with Crippen LogP contribution in [0.15, 0.2) is 42.5 Å². The number of urea groups is 1. The normalized spacial score (nSPS) is 9.91. The number of ether oxygens (including phenoxy) is 1. The maximum Gasteiger partial charge on any atom is 0.323 e. The Morgan fingerprint density at radius 2 is 1.73 bits per heavy atom. The summed E-state index contributed by atoms with van der Waals surface area (Å²) in [6, 6.07) is 11.0. The van der Waals surface area contributed by atoms with E-state index >= 15 is 0 Å². The monoisotopic (exact) mass is 301 g/mol. The van der Waals surface area contributed by atoms with Gasteiger partial charge < -0.3 is 15.4 Å². The maximum atomic E-state index is 12.0. The molecule has 2 N–H and O–H groups in total. The van der Waals surface area contributed by atoms with E-state index in [1.54, 1.807) is 37.3 Å². The van der Waals surface area contributed by atoms with E-state index in [4.69, 9.17) is 4.74 Å². The molecule has 0 saturated heterocycles. The number of benzene rings is 2. The van der Waals surface area contributed by atoms with Gasteiger partial charge in [-0.2, -0.15) is 0 Å². The van der Waals surface area contributed by atoms with Crippen LogP contribution < -0.4 is 15.4 Å². The van der Waals surface area contributed by atoms with Gasteiger partial charge in [-0.1, -0.05) is 18.2 Å². The van der Waals surface area contributed by atoms with Crippen LogP contribution in [0.25, 0.3) is 0 Å². The number of hydrogen-bond acceptors (Lipinski definition) is 4. The van der Waals surface area contributed by atoms with Crippen molar-refractivity contribution in [3.63, 3.8) is 0 Å². The lowest BCUT2D eigenvalue weighted by molar-refractivity contribution is -0.385. The number of nitrogens with one attached hydrogen (secondary N) is 2. The predicted molar refractivity (Wildman–Crippen MR) is 83.5 cm³/mol. The van der Waals surface area contributed by atoms with Crippen LogP contribution in [0.4, 0.5) is 21.9 Å². The van der Waals surface area contributed by atoms with E-state index < -0.39 is 11.0 Å². The van der Waals surface area contributed by atoms with Gasteiger partial charge in [0.2, 0.25) is 0 Å². The van der Waals surface area contributed by atoms with E-state index in [9.17, 15) is 14.9 Å². The first-order valence-electron chi connectivity index (χ1n) is 6.48. The summed E-state index contributed by atoms with van der Waals surface area (Å²) >= 11 is 0. The third-order valence-electron chi connectivity index (χ3n) is 3.11. The molecule has 2 aromatic rings. The van der Waals surface area contributed by atoms with E-state index in [1.165, 1.54) is 19.2 Å². The Labute approximate surface area is 127 Å². The minimum Gasteiger partial charge on any atom is -0.495 e. The topological polar surface area (TPSA) is 93.5 Å². The molecule has 0 aromatic heterocycles. The average Bonchev–Trinajstić information content (AvgIpc) is 2.49. The molecule has 2 rings (SSSR count). The third kappa shape index (κ3) is 3.32. The number of nitrogens with zero attached hydrogens (tertiary/aromatic N) is 1. The van der Waals surface area contributed by atoms with Crippen molar-refractivity contribution in [1.29, 1.82) is 0 Å². The fourth-order valence-corrected chi connectivity index (χ4v) is 1.98. The number of carbonyl (C=O) groups is 1. The number of methoxy groups -OCH3 is 1. The second-order valence-corrected chi connectivity index (χ2v) is 4.49. The lowest BCUT2D eigenvalue weighted by atomic mass is 10.1. The third-order valence-corrected chi connectivity index (χ3v) is 3.11. The van der Waals surface area contributed by atoms with Gasteiger partial charge in [0.15, 0.2) is 0 Å². The second kappa shape index (κ2) is 6.57. The first-order valence-corrected chi connectivity index (χ1v) is 6.48. The van der Waals surface area contributed by atoms with Gasteiger partial charge >= 0.3 is 6.03 Å². The summed E-state index contributed by atoms with van der Waals surface area (Å²) < 4.78 is 5.14. The molecule has 0 aliphatic rings. The molecule has 0 aliphatic carbocycles. The molecule has 2 aromatic carbocycles. The van der Waals surface area contributed by atoms with Crippen molar-refractivity contribution < 1.29 is 14.5 Å². The van der Waals surface area contributed by atoms with Gasteiger partial charge in [-0.3, -0.25) is 10.1 Å². The van der Waals surface area contributed by atoms with E-state index in [-0.39, 0.29) is 5.69 Å². The highest BCUT2D eigenvalue weighted by atomic mass is 16.6. The molecular formula is C15H15N3O4. The number of amides is 2. The Balaban J connectivity index is 2.16. The summed E-state index contributed by atoms with van der Waals surface area (Å²) in [5.41, 5.74) is 1.23. The summed E-state index contributed by atoms with van der Waals surface area (Å²) in [5, 5.41) is 16.1. The number of anilines is 2. The molecule has 2 amide bonds. The van der Waals surface area contributed by atoms with Crippen molar-refractivity contribution in [2.75, 3.05) is 17.7 Å². The number of nitro benzene ring substituents is 1. The zero-order chi connectivity index (χ0) is 16.1. The molecule has 0 heterocycles. The number of carbonyl (C=O) groups excluding carboxylic acids is 1. The van der Waals surface area contributed by atoms with Crippen molar-refractivity contribution in [3.05, 3.63) is 58.1 Å². The Kier molecular flexibility index (Phi) is 4.57. The first-order chi connectivity index (χ1) is 10.5. The van der Waals surface area contributed by atoms with Gasteiger partial charge in [-0.25, -0.2) is 4.79 Å². The molecular weight excluding hydrogens is 286 g/mol. The van der Waals surface area contributed by atoms with Crippen LogP contribution in [0.2, 0.25) is 0 Å². The van der Waals surface area contributed by atoms with Gasteiger partial charge in [0.05, 0.1) is 29.0 Å². The largest absolute Gasteiger partial charge is 0.495 e. The average molecular weight is 301 g/mol. The highest BCUT2D eigenvalue weighted by molar-refractivity contribution is 6.01. The minimum absolute atomic E-state index is 0.0462. The highest BCUT2D eigenvalue weighted by Gasteiger charge is 2.15. The molecule has 0 unspecified atom stereocenters. The number of para-hydroxylation sites is 2. The molecule has 114 valence electrons. The van der Waals surface area contributed by atoms with Crippen molar-refractivity contribution in [2.24, 2.45) is 0 Å². The number of nitro groups is 1. The van der Waals surface area contributed by atoms with Crippen LogP contribution in [0.1, 0.15) is 5.56 Å². The summed E-state index contributed by atoms with van der Waals surface area (Å²) in [7, 11) is 1.50. The molecule has 7 nitrogen and oxygen atoms in total. The molecule has 0 radical (unpaired) electrons. The first kappa shape index (κ1) is 15.3. The predicted octanol–water partition coefficient (Wildman–Crippen LogP) is 3.56. The molecule has 0 saturated carbocycles. The quantitative estimate of drug-likeness (QED) is 0.667. The Morgan fingerprint density at radius 3 is 2.41 bits per heavy atom. The summed E-state index contributed by atoms with van der Waals surface area (Å²) in [6.07, 6.45) is 0. The molecule has 0 bridgehead atoms. The molecule has 0 spiro atoms. The van der Waals surface area contributed by atoms with E-state index in [1.807, 2.05) is 0 Å². The number of rotatable bonds is 4. The van der Waals surface area contributed by atoms with Crippen LogP contribution in [0.3, 0.4) is 0 Å². The Bertz CT molecular complexity index is 716. The summed E-state index contributed by atoms with van der Waals surface area (Å²) in [5.74, 6) is 0.522. The Morgan fingerprint density at radius 1 is 1.09 bits per heavy atom. The van der Waals surface area contributed by atoms with E-state index in [0.29, 0.717) is 22.7 Å². The maximum absolute atomic E-state index is 12.0. The lowest BCUT2D eigenvalue weighted by Gasteiger charge is -2.12. The standard InChI is InChI=1S/C15H15N3O4/c1-10-11(7-5-8-13(10)18(20)21)16-15(19)17-12-6-3-4-9-14(12)22-2/h3-9H,1-2H3,(H2,16,17,19). The van der Waals surface area contributed by atoms with E-state index in [0.717, 1.165) is 0 Å². The van der Waals surface area contributed by atoms with Crippen LogP contribution in [-0.2, 0) is 0 Å². The van der Waals surface area contributed by atoms with Crippen molar-refractivity contribution >= 4 is 23.1 Å². The zero-order valence-electron chi connectivity index (χ0n) is 12.1. The molecule has 7 heteroatoms. The molecule has 0 atom stereocenters. The SMILES string of the molecule is COc1ccccc1NC(=O)Nc1cccc([N+](=O)[O-])c1C. The Hall–Kier alpha value is -3.09. The lowest BCUT2D eigenvalue weighted by Crippen LogP contribution is -2.20. The van der Waals surface area contributed by atoms with Gasteiger partial charge in [0.25, 0.3) is 5.69 Å². The molecule has 0 aliphatic heterocycles. The fraction of sp³-hybridized carbons (Fsp3) is 0.133.